The fourth-order valence-corrected chi connectivity index (χ4v) is 4.81. The minimum absolute atomic E-state index is 0.104. The highest BCUT2D eigenvalue weighted by Crippen LogP contribution is 2.30. The number of aryl methyl sites for hydroxylation is 1. The molecule has 5 unspecified atom stereocenters. The zero-order valence-electron chi connectivity index (χ0n) is 22.6. The van der Waals surface area contributed by atoms with Crippen molar-refractivity contribution >= 4 is 34.2 Å². The minimum atomic E-state index is -4.25. The van der Waals surface area contributed by atoms with E-state index in [9.17, 15) is 22.8 Å². The second kappa shape index (κ2) is 13.5. The van der Waals surface area contributed by atoms with Crippen LogP contribution in [-0.2, 0) is 47.6 Å². The molecule has 3 rings (SSSR count). The van der Waals surface area contributed by atoms with E-state index in [4.69, 9.17) is 27.9 Å². The van der Waals surface area contributed by atoms with Gasteiger partial charge in [-0.15, -0.1) is 0 Å². The number of aliphatic imine (C=N–C) groups is 1. The van der Waals surface area contributed by atoms with Gasteiger partial charge in [0.1, 0.15) is 11.9 Å². The van der Waals surface area contributed by atoms with Crippen LogP contribution in [0.2, 0.25) is 0 Å². The maximum Gasteiger partial charge on any atom is 0.305 e. The van der Waals surface area contributed by atoms with Crippen LogP contribution in [0.1, 0.15) is 31.9 Å². The summed E-state index contributed by atoms with van der Waals surface area (Å²) in [5.41, 5.74) is 1.47. The van der Waals surface area contributed by atoms with Gasteiger partial charge in [0, 0.05) is 27.0 Å². The second-order valence-electron chi connectivity index (χ2n) is 8.89. The molecule has 0 spiro atoms. The Morgan fingerprint density at radius 3 is 2.00 bits per heavy atom. The monoisotopic (exact) mass is 577 g/mol. The van der Waals surface area contributed by atoms with Crippen molar-refractivity contribution in [2.45, 2.75) is 63.2 Å². The van der Waals surface area contributed by atoms with E-state index in [2.05, 4.69) is 4.99 Å². The molecule has 12 nitrogen and oxygen atoms in total. The third kappa shape index (κ3) is 8.34. The van der Waals surface area contributed by atoms with Crippen molar-refractivity contribution in [3.63, 3.8) is 0 Å². The molecule has 0 aromatic heterocycles. The van der Waals surface area contributed by atoms with Crippen LogP contribution in [0.25, 0.3) is 0 Å². The normalized spacial score (nSPS) is 22.9. The van der Waals surface area contributed by atoms with Gasteiger partial charge in [0.2, 0.25) is 6.29 Å². The maximum absolute atomic E-state index is 12.8. The summed E-state index contributed by atoms with van der Waals surface area (Å²) < 4.78 is 58.1. The molecule has 0 saturated carbocycles. The molecule has 40 heavy (non-hydrogen) atoms. The lowest BCUT2D eigenvalue weighted by molar-refractivity contribution is -0.264. The summed E-state index contributed by atoms with van der Waals surface area (Å²) >= 11 is 0. The van der Waals surface area contributed by atoms with Gasteiger partial charge in [-0.1, -0.05) is 17.7 Å². The third-order valence-corrected chi connectivity index (χ3v) is 7.01. The van der Waals surface area contributed by atoms with Crippen molar-refractivity contribution in [2.24, 2.45) is 4.99 Å². The largest absolute Gasteiger partial charge is 0.497 e. The minimum Gasteiger partial charge on any atom is -0.497 e. The molecule has 0 radical (unpaired) electrons. The van der Waals surface area contributed by atoms with Gasteiger partial charge in [0.25, 0.3) is 10.1 Å². The molecular weight excluding hydrogens is 546 g/mol. The van der Waals surface area contributed by atoms with Crippen LogP contribution in [0.5, 0.6) is 5.75 Å². The van der Waals surface area contributed by atoms with E-state index in [1.807, 2.05) is 0 Å². The van der Waals surface area contributed by atoms with E-state index in [0.29, 0.717) is 11.3 Å². The summed E-state index contributed by atoms with van der Waals surface area (Å²) in [5.74, 6) is -1.63. The average molecular weight is 578 g/mol. The van der Waals surface area contributed by atoms with Crippen LogP contribution in [-0.4, -0.2) is 76.9 Å². The van der Waals surface area contributed by atoms with Crippen LogP contribution < -0.4 is 4.74 Å². The Balaban J connectivity index is 1.96. The molecule has 2 aromatic carbocycles. The summed E-state index contributed by atoms with van der Waals surface area (Å²) in [6.07, 6.45) is -4.03. The van der Waals surface area contributed by atoms with Gasteiger partial charge >= 0.3 is 17.9 Å². The Hall–Kier alpha value is -3.81. The first-order valence-corrected chi connectivity index (χ1v) is 13.6. The molecule has 5 atom stereocenters. The smallest absolute Gasteiger partial charge is 0.305 e. The second-order valence-corrected chi connectivity index (χ2v) is 10.5. The molecule has 2 aromatic rings. The van der Waals surface area contributed by atoms with Crippen molar-refractivity contribution in [3.8, 4) is 5.75 Å². The Morgan fingerprint density at radius 1 is 0.875 bits per heavy atom. The molecule has 13 heteroatoms. The molecule has 1 fully saturated rings. The molecule has 0 bridgehead atoms. The predicted octanol–water partition coefficient (Wildman–Crippen LogP) is 2.35. The van der Waals surface area contributed by atoms with Crippen molar-refractivity contribution < 1.29 is 50.7 Å². The number of carbonyl (C=O) groups excluding carboxylic acids is 3. The standard InChI is InChI=1S/C27H31NO11S/c1-16-6-12-22(13-7-16)40(32,33)35-15-23-25(36-17(2)29)26(37-18(3)30)24(27(39-23)38-19(4)31)28-14-20-8-10-21(34-5)11-9-20/h6-14,23-27H,15H2,1-5H3. The van der Waals surface area contributed by atoms with E-state index in [-0.39, 0.29) is 4.90 Å². The Bertz CT molecular complexity index is 1320. The average Bonchev–Trinajstić information content (AvgIpc) is 2.88. The molecule has 0 aliphatic carbocycles. The first-order valence-electron chi connectivity index (χ1n) is 12.2. The molecule has 1 heterocycles. The van der Waals surface area contributed by atoms with Crippen molar-refractivity contribution in [1.82, 2.24) is 0 Å². The number of nitrogens with zero attached hydrogens (tertiary/aromatic N) is 1. The Kier molecular flexibility index (Phi) is 10.4. The van der Waals surface area contributed by atoms with Crippen molar-refractivity contribution in [3.05, 3.63) is 59.7 Å². The fraction of sp³-hybridized carbons (Fsp3) is 0.407. The van der Waals surface area contributed by atoms with Crippen LogP contribution >= 0.6 is 0 Å². The van der Waals surface area contributed by atoms with Gasteiger partial charge in [-0.3, -0.25) is 23.6 Å². The van der Waals surface area contributed by atoms with E-state index < -0.39 is 65.3 Å². The SMILES string of the molecule is COc1ccc(C=NC2C(OC(C)=O)OC(COS(=O)(=O)c3ccc(C)cc3)C(OC(C)=O)C2OC(C)=O)cc1. The van der Waals surface area contributed by atoms with Crippen LogP contribution in [0.4, 0.5) is 0 Å². The van der Waals surface area contributed by atoms with Crippen LogP contribution in [0, 0.1) is 6.92 Å². The number of esters is 3. The van der Waals surface area contributed by atoms with Crippen molar-refractivity contribution in [1.29, 1.82) is 0 Å². The lowest BCUT2D eigenvalue weighted by Gasteiger charge is -2.43. The van der Waals surface area contributed by atoms with Crippen LogP contribution in [0.15, 0.2) is 58.4 Å². The van der Waals surface area contributed by atoms with Gasteiger partial charge in [-0.2, -0.15) is 8.42 Å². The fourth-order valence-electron chi connectivity index (χ4n) is 3.90. The maximum atomic E-state index is 12.8. The highest BCUT2D eigenvalue weighted by molar-refractivity contribution is 7.86. The molecule has 1 aliphatic rings. The summed E-state index contributed by atoms with van der Waals surface area (Å²) in [5, 5.41) is 0. The number of hydrogen-bond acceptors (Lipinski definition) is 12. The number of methoxy groups -OCH3 is 1. The number of carbonyl (C=O) groups is 3. The van der Waals surface area contributed by atoms with E-state index >= 15 is 0 Å². The number of benzene rings is 2. The van der Waals surface area contributed by atoms with Gasteiger partial charge in [-0.25, -0.2) is 0 Å². The number of hydrogen-bond donors (Lipinski definition) is 0. The summed E-state index contributed by atoms with van der Waals surface area (Å²) in [7, 11) is -2.73. The highest BCUT2D eigenvalue weighted by Gasteiger charge is 2.51. The summed E-state index contributed by atoms with van der Waals surface area (Å²) in [6, 6.07) is 11.6. The summed E-state index contributed by atoms with van der Waals surface area (Å²) in [4.78, 5) is 40.4. The lowest BCUT2D eigenvalue weighted by atomic mass is 9.96. The first kappa shape index (κ1) is 30.7. The molecule has 0 N–H and O–H groups in total. The molecular formula is C27H31NO11S. The zero-order valence-corrected chi connectivity index (χ0v) is 23.5. The molecule has 1 saturated heterocycles. The molecule has 0 amide bonds. The topological polar surface area (TPSA) is 153 Å². The quantitative estimate of drug-likeness (QED) is 0.177. The third-order valence-electron chi connectivity index (χ3n) is 5.71. The van der Waals surface area contributed by atoms with Crippen molar-refractivity contribution in [2.75, 3.05) is 13.7 Å². The van der Waals surface area contributed by atoms with Crippen LogP contribution in [0.3, 0.4) is 0 Å². The lowest BCUT2D eigenvalue weighted by Crippen LogP contribution is -2.61. The molecule has 1 aliphatic heterocycles. The zero-order chi connectivity index (χ0) is 29.4. The van der Waals surface area contributed by atoms with Gasteiger partial charge in [0.15, 0.2) is 18.2 Å². The van der Waals surface area contributed by atoms with E-state index in [1.165, 1.54) is 25.5 Å². The van der Waals surface area contributed by atoms with E-state index in [1.54, 1.807) is 43.3 Å². The predicted molar refractivity (Wildman–Crippen MR) is 140 cm³/mol. The Morgan fingerprint density at radius 2 is 1.45 bits per heavy atom. The summed E-state index contributed by atoms with van der Waals surface area (Å²) in [6.45, 7) is 4.55. The highest BCUT2D eigenvalue weighted by atomic mass is 32.2. The number of ether oxygens (including phenoxy) is 5. The van der Waals surface area contributed by atoms with Gasteiger partial charge < -0.3 is 23.7 Å². The number of rotatable bonds is 10. The van der Waals surface area contributed by atoms with Gasteiger partial charge in [-0.05, 0) is 48.9 Å². The molecule has 216 valence electrons. The Labute approximate surface area is 232 Å². The first-order chi connectivity index (χ1) is 18.9. The van der Waals surface area contributed by atoms with Gasteiger partial charge in [0.05, 0.1) is 18.6 Å². The van der Waals surface area contributed by atoms with E-state index in [0.717, 1.165) is 26.3 Å².